The van der Waals surface area contributed by atoms with E-state index in [9.17, 15) is 4.79 Å². The van der Waals surface area contributed by atoms with Gasteiger partial charge in [0.2, 0.25) is 0 Å². The van der Waals surface area contributed by atoms with Gasteiger partial charge in [0, 0.05) is 18.3 Å². The molecule has 1 aliphatic heterocycles. The van der Waals surface area contributed by atoms with Gasteiger partial charge in [0.25, 0.3) is 5.91 Å². The lowest BCUT2D eigenvalue weighted by Crippen LogP contribution is -2.46. The first kappa shape index (κ1) is 12.3. The molecule has 2 heterocycles. The lowest BCUT2D eigenvalue weighted by atomic mass is 10.0. The summed E-state index contributed by atoms with van der Waals surface area (Å²) in [4.78, 5) is 15.9. The van der Waals surface area contributed by atoms with Crippen LogP contribution in [0.25, 0.3) is 0 Å². The third kappa shape index (κ3) is 3.41. The minimum atomic E-state index is -0.124. The van der Waals surface area contributed by atoms with Gasteiger partial charge >= 0.3 is 0 Å². The monoisotopic (exact) mass is 253 g/mol. The molecule has 1 saturated heterocycles. The lowest BCUT2D eigenvalue weighted by Gasteiger charge is -2.28. The number of aromatic nitrogens is 1. The van der Waals surface area contributed by atoms with Gasteiger partial charge in [-0.05, 0) is 38.4 Å². The summed E-state index contributed by atoms with van der Waals surface area (Å²) in [5, 5.41) is 6.89. The number of nitrogens with one attached hydrogen (secondary N) is 2. The normalized spacial score (nSPS) is 24.4. The van der Waals surface area contributed by atoms with Crippen molar-refractivity contribution in [3.8, 4) is 0 Å². The van der Waals surface area contributed by atoms with E-state index in [0.717, 1.165) is 19.4 Å². The highest BCUT2D eigenvalue weighted by Gasteiger charge is 2.20. The molecule has 1 fully saturated rings. The van der Waals surface area contributed by atoms with Crippen molar-refractivity contribution in [3.05, 3.63) is 29.0 Å². The second-order valence-electron chi connectivity index (χ2n) is 4.41. The minimum Gasteiger partial charge on any atom is -0.348 e. The molecule has 5 heteroatoms. The summed E-state index contributed by atoms with van der Waals surface area (Å²) in [6.07, 6.45) is 3.41. The SMILES string of the molecule is CC1CC(NC(=O)c2ccc(Cl)cn2)CCN1. The van der Waals surface area contributed by atoms with Crippen LogP contribution >= 0.6 is 11.6 Å². The first-order chi connectivity index (χ1) is 8.15. The van der Waals surface area contributed by atoms with Gasteiger partial charge in [-0.15, -0.1) is 0 Å². The van der Waals surface area contributed by atoms with Gasteiger partial charge in [-0.1, -0.05) is 11.6 Å². The van der Waals surface area contributed by atoms with Crippen LogP contribution in [0.3, 0.4) is 0 Å². The van der Waals surface area contributed by atoms with E-state index in [1.165, 1.54) is 6.20 Å². The fourth-order valence-electron chi connectivity index (χ4n) is 2.03. The van der Waals surface area contributed by atoms with Crippen LogP contribution < -0.4 is 10.6 Å². The van der Waals surface area contributed by atoms with E-state index in [-0.39, 0.29) is 11.9 Å². The zero-order valence-electron chi connectivity index (χ0n) is 9.74. The molecule has 1 amide bonds. The maximum absolute atomic E-state index is 11.9. The van der Waals surface area contributed by atoms with Crippen LogP contribution in [0.4, 0.5) is 0 Å². The predicted octanol–water partition coefficient (Wildman–Crippen LogP) is 1.61. The second kappa shape index (κ2) is 5.47. The number of carbonyl (C=O) groups is 1. The number of hydrogen-bond acceptors (Lipinski definition) is 3. The Morgan fingerprint density at radius 1 is 1.59 bits per heavy atom. The smallest absolute Gasteiger partial charge is 0.270 e. The van der Waals surface area contributed by atoms with E-state index < -0.39 is 0 Å². The van der Waals surface area contributed by atoms with Crippen LogP contribution in [0.2, 0.25) is 5.02 Å². The summed E-state index contributed by atoms with van der Waals surface area (Å²) >= 11 is 5.72. The molecule has 2 N–H and O–H groups in total. The van der Waals surface area contributed by atoms with Crippen molar-refractivity contribution in [2.24, 2.45) is 0 Å². The molecule has 92 valence electrons. The highest BCUT2D eigenvalue weighted by molar-refractivity contribution is 6.30. The molecule has 17 heavy (non-hydrogen) atoms. The third-order valence-electron chi connectivity index (χ3n) is 2.92. The van der Waals surface area contributed by atoms with E-state index >= 15 is 0 Å². The van der Waals surface area contributed by atoms with Crippen LogP contribution in [0.1, 0.15) is 30.3 Å². The van der Waals surface area contributed by atoms with Crippen molar-refractivity contribution >= 4 is 17.5 Å². The summed E-state index contributed by atoms with van der Waals surface area (Å²) in [5.74, 6) is -0.124. The Kier molecular flexibility index (Phi) is 3.97. The second-order valence-corrected chi connectivity index (χ2v) is 4.85. The summed E-state index contributed by atoms with van der Waals surface area (Å²) in [5.41, 5.74) is 0.417. The van der Waals surface area contributed by atoms with Crippen LogP contribution in [-0.2, 0) is 0 Å². The van der Waals surface area contributed by atoms with Crippen LogP contribution in [0.5, 0.6) is 0 Å². The Morgan fingerprint density at radius 3 is 3.06 bits per heavy atom. The average Bonchev–Trinajstić information content (AvgIpc) is 2.29. The molecule has 0 bridgehead atoms. The topological polar surface area (TPSA) is 54.0 Å². The van der Waals surface area contributed by atoms with E-state index in [0.29, 0.717) is 16.8 Å². The van der Waals surface area contributed by atoms with Gasteiger partial charge in [-0.3, -0.25) is 4.79 Å². The number of rotatable bonds is 2. The van der Waals surface area contributed by atoms with Gasteiger partial charge in [0.15, 0.2) is 0 Å². The lowest BCUT2D eigenvalue weighted by molar-refractivity contribution is 0.0920. The summed E-state index contributed by atoms with van der Waals surface area (Å²) in [6, 6.07) is 4.00. The zero-order chi connectivity index (χ0) is 12.3. The molecule has 0 saturated carbocycles. The molecule has 0 aliphatic carbocycles. The van der Waals surface area contributed by atoms with Gasteiger partial charge in [-0.25, -0.2) is 4.98 Å². The van der Waals surface area contributed by atoms with Gasteiger partial charge in [0.1, 0.15) is 5.69 Å². The highest BCUT2D eigenvalue weighted by Crippen LogP contribution is 2.10. The molecule has 2 unspecified atom stereocenters. The summed E-state index contributed by atoms with van der Waals surface area (Å²) in [7, 11) is 0. The van der Waals surface area contributed by atoms with Crippen molar-refractivity contribution in [2.75, 3.05) is 6.54 Å². The Bertz CT molecular complexity index is 393. The first-order valence-electron chi connectivity index (χ1n) is 5.81. The van der Waals surface area contributed by atoms with Crippen molar-refractivity contribution in [2.45, 2.75) is 31.8 Å². The molecular formula is C12H16ClN3O. The summed E-state index contributed by atoms with van der Waals surface area (Å²) in [6.45, 7) is 3.07. The molecule has 4 nitrogen and oxygen atoms in total. The van der Waals surface area contributed by atoms with E-state index in [2.05, 4.69) is 22.5 Å². The third-order valence-corrected chi connectivity index (χ3v) is 3.14. The van der Waals surface area contributed by atoms with Gasteiger partial charge < -0.3 is 10.6 Å². The molecule has 1 aromatic heterocycles. The van der Waals surface area contributed by atoms with Crippen molar-refractivity contribution in [1.29, 1.82) is 0 Å². The van der Waals surface area contributed by atoms with Gasteiger partial charge in [-0.2, -0.15) is 0 Å². The van der Waals surface area contributed by atoms with E-state index in [4.69, 9.17) is 11.6 Å². The first-order valence-corrected chi connectivity index (χ1v) is 6.19. The van der Waals surface area contributed by atoms with E-state index in [1.54, 1.807) is 12.1 Å². The summed E-state index contributed by atoms with van der Waals surface area (Å²) < 4.78 is 0. The van der Waals surface area contributed by atoms with Crippen LogP contribution in [-0.4, -0.2) is 29.5 Å². The van der Waals surface area contributed by atoms with Gasteiger partial charge in [0.05, 0.1) is 5.02 Å². The molecule has 0 aromatic carbocycles. The zero-order valence-corrected chi connectivity index (χ0v) is 10.5. The Labute approximate surface area is 106 Å². The number of piperidine rings is 1. The van der Waals surface area contributed by atoms with Crippen molar-refractivity contribution < 1.29 is 4.79 Å². The predicted molar refractivity (Wildman–Crippen MR) is 67.2 cm³/mol. The van der Waals surface area contributed by atoms with Crippen LogP contribution in [0.15, 0.2) is 18.3 Å². The molecule has 1 aliphatic rings. The number of halogens is 1. The fraction of sp³-hybridized carbons (Fsp3) is 0.500. The van der Waals surface area contributed by atoms with Crippen LogP contribution in [0, 0.1) is 0 Å². The van der Waals surface area contributed by atoms with Crippen molar-refractivity contribution in [1.82, 2.24) is 15.6 Å². The number of amides is 1. The Morgan fingerprint density at radius 2 is 2.41 bits per heavy atom. The standard InChI is InChI=1S/C12H16ClN3O/c1-8-6-10(4-5-14-8)16-12(17)11-3-2-9(13)7-15-11/h2-3,7-8,10,14H,4-6H2,1H3,(H,16,17). The molecule has 1 aromatic rings. The number of carbonyl (C=O) groups excluding carboxylic acids is 1. The molecule has 0 spiro atoms. The molecule has 2 atom stereocenters. The molecule has 2 rings (SSSR count). The molecule has 0 radical (unpaired) electrons. The minimum absolute atomic E-state index is 0.124. The highest BCUT2D eigenvalue weighted by atomic mass is 35.5. The Balaban J connectivity index is 1.94. The quantitative estimate of drug-likeness (QED) is 0.842. The maximum atomic E-state index is 11.9. The number of nitrogens with zero attached hydrogens (tertiary/aromatic N) is 1. The van der Waals surface area contributed by atoms with E-state index in [1.807, 2.05) is 0 Å². The number of hydrogen-bond donors (Lipinski definition) is 2. The molecular weight excluding hydrogens is 238 g/mol. The fourth-order valence-corrected chi connectivity index (χ4v) is 2.14. The maximum Gasteiger partial charge on any atom is 0.270 e. The largest absolute Gasteiger partial charge is 0.348 e. The Hall–Kier alpha value is -1.13. The number of pyridine rings is 1. The van der Waals surface area contributed by atoms with Crippen molar-refractivity contribution in [3.63, 3.8) is 0 Å². The average molecular weight is 254 g/mol.